The number of amides is 2. The van der Waals surface area contributed by atoms with Crippen LogP contribution in [0.25, 0.3) is 5.57 Å². The topological polar surface area (TPSA) is 58.6 Å². The minimum atomic E-state index is -0.382. The molecule has 5 heteroatoms. The second-order valence-corrected chi connectivity index (χ2v) is 7.44. The van der Waals surface area contributed by atoms with E-state index in [4.69, 9.17) is 4.74 Å². The van der Waals surface area contributed by atoms with Crippen LogP contribution in [-0.4, -0.2) is 18.9 Å². The number of hydrogen-bond acceptors (Lipinski definition) is 4. The zero-order valence-corrected chi connectivity index (χ0v) is 17.8. The van der Waals surface area contributed by atoms with E-state index >= 15 is 0 Å². The molecule has 0 saturated carbocycles. The first-order valence-electron chi connectivity index (χ1n) is 10.2. The number of nitrogens with one attached hydrogen (secondary N) is 1. The fraction of sp³-hybridized carbons (Fsp3) is 0.154. The standard InChI is InChI=1S/C26H24N2O3/c1-4-18-10-14-21(15-11-18)28-25(29)23(19-12-8-17(2)9-13-19)24(26(28)30)27-20-6-5-7-22(16-20)31-3/h5-16,27H,4H2,1-3H3. The number of carbonyl (C=O) groups is 2. The Bertz CT molecular complexity index is 1160. The first-order chi connectivity index (χ1) is 15.0. The van der Waals surface area contributed by atoms with E-state index in [1.54, 1.807) is 13.2 Å². The van der Waals surface area contributed by atoms with Gasteiger partial charge in [0, 0.05) is 11.8 Å². The Morgan fingerprint density at radius 1 is 0.903 bits per heavy atom. The van der Waals surface area contributed by atoms with Crippen molar-refractivity contribution in [1.29, 1.82) is 0 Å². The number of imide groups is 1. The number of aryl methyl sites for hydroxylation is 2. The number of hydrogen-bond donors (Lipinski definition) is 1. The molecule has 1 N–H and O–H groups in total. The minimum absolute atomic E-state index is 0.252. The van der Waals surface area contributed by atoms with Crippen LogP contribution in [-0.2, 0) is 16.0 Å². The second kappa shape index (κ2) is 8.48. The van der Waals surface area contributed by atoms with Crippen molar-refractivity contribution in [1.82, 2.24) is 0 Å². The van der Waals surface area contributed by atoms with Crippen molar-refractivity contribution >= 4 is 28.8 Å². The molecule has 0 radical (unpaired) electrons. The average molecular weight is 412 g/mol. The maximum absolute atomic E-state index is 13.5. The van der Waals surface area contributed by atoms with Gasteiger partial charge in [0.15, 0.2) is 0 Å². The maximum atomic E-state index is 13.5. The van der Waals surface area contributed by atoms with Gasteiger partial charge in [-0.05, 0) is 48.7 Å². The number of carbonyl (C=O) groups excluding carboxylic acids is 2. The first-order valence-corrected chi connectivity index (χ1v) is 10.2. The highest BCUT2D eigenvalue weighted by Gasteiger charge is 2.40. The quantitative estimate of drug-likeness (QED) is 0.581. The molecule has 1 heterocycles. The molecule has 3 aromatic rings. The lowest BCUT2D eigenvalue weighted by molar-refractivity contribution is -0.120. The molecule has 0 aromatic heterocycles. The van der Waals surface area contributed by atoms with E-state index in [0.717, 1.165) is 17.5 Å². The highest BCUT2D eigenvalue weighted by molar-refractivity contribution is 6.46. The highest BCUT2D eigenvalue weighted by atomic mass is 16.5. The molecule has 0 bridgehead atoms. The Balaban J connectivity index is 1.79. The van der Waals surface area contributed by atoms with Gasteiger partial charge in [0.2, 0.25) is 0 Å². The second-order valence-electron chi connectivity index (χ2n) is 7.44. The third kappa shape index (κ3) is 3.94. The van der Waals surface area contributed by atoms with E-state index in [1.807, 2.05) is 73.7 Å². The molecule has 2 amide bonds. The largest absolute Gasteiger partial charge is 0.497 e. The molecule has 0 saturated heterocycles. The Labute approximate surface area is 182 Å². The molecule has 0 unspecified atom stereocenters. The lowest BCUT2D eigenvalue weighted by atomic mass is 10.0. The van der Waals surface area contributed by atoms with E-state index < -0.39 is 0 Å². The Hall–Kier alpha value is -3.86. The molecular weight excluding hydrogens is 388 g/mol. The van der Waals surface area contributed by atoms with Crippen molar-refractivity contribution in [3.63, 3.8) is 0 Å². The summed E-state index contributed by atoms with van der Waals surface area (Å²) >= 11 is 0. The predicted molar refractivity (Wildman–Crippen MR) is 123 cm³/mol. The van der Waals surface area contributed by atoms with E-state index in [2.05, 4.69) is 12.2 Å². The predicted octanol–water partition coefficient (Wildman–Crippen LogP) is 4.96. The molecule has 4 rings (SSSR count). The number of benzene rings is 3. The number of nitrogens with zero attached hydrogens (tertiary/aromatic N) is 1. The lowest BCUT2D eigenvalue weighted by Crippen LogP contribution is -2.32. The third-order valence-electron chi connectivity index (χ3n) is 5.37. The van der Waals surface area contributed by atoms with E-state index in [0.29, 0.717) is 28.3 Å². The summed E-state index contributed by atoms with van der Waals surface area (Å²) in [5, 5.41) is 3.17. The van der Waals surface area contributed by atoms with Crippen molar-refractivity contribution in [3.05, 3.63) is 95.2 Å². The SMILES string of the molecule is CCc1ccc(N2C(=O)C(Nc3cccc(OC)c3)=C(c3ccc(C)cc3)C2=O)cc1. The van der Waals surface area contributed by atoms with Crippen LogP contribution in [0.5, 0.6) is 5.75 Å². The zero-order chi connectivity index (χ0) is 22.0. The van der Waals surface area contributed by atoms with Gasteiger partial charge in [-0.2, -0.15) is 0 Å². The number of rotatable bonds is 6. The van der Waals surface area contributed by atoms with Crippen LogP contribution in [0.2, 0.25) is 0 Å². The van der Waals surface area contributed by atoms with Gasteiger partial charge in [0.1, 0.15) is 11.4 Å². The summed E-state index contributed by atoms with van der Waals surface area (Å²) in [6.07, 6.45) is 0.887. The fourth-order valence-electron chi connectivity index (χ4n) is 3.59. The average Bonchev–Trinajstić information content (AvgIpc) is 3.04. The molecule has 0 spiro atoms. The number of methoxy groups -OCH3 is 1. The van der Waals surface area contributed by atoms with Crippen molar-refractivity contribution < 1.29 is 14.3 Å². The Kier molecular flexibility index (Phi) is 5.58. The van der Waals surface area contributed by atoms with Crippen molar-refractivity contribution in [2.24, 2.45) is 0 Å². The molecule has 31 heavy (non-hydrogen) atoms. The maximum Gasteiger partial charge on any atom is 0.282 e. The lowest BCUT2D eigenvalue weighted by Gasteiger charge is -2.16. The molecule has 156 valence electrons. The van der Waals surface area contributed by atoms with Crippen molar-refractivity contribution in [3.8, 4) is 5.75 Å². The van der Waals surface area contributed by atoms with Gasteiger partial charge in [-0.1, -0.05) is 55.0 Å². The van der Waals surface area contributed by atoms with Gasteiger partial charge in [-0.25, -0.2) is 4.90 Å². The Morgan fingerprint density at radius 3 is 2.26 bits per heavy atom. The van der Waals surface area contributed by atoms with Gasteiger partial charge in [0.05, 0.1) is 18.4 Å². The molecule has 5 nitrogen and oxygen atoms in total. The molecule has 0 fully saturated rings. The van der Waals surface area contributed by atoms with E-state index in [9.17, 15) is 9.59 Å². The normalized spacial score (nSPS) is 13.7. The Morgan fingerprint density at radius 2 is 1.61 bits per heavy atom. The molecule has 0 aliphatic carbocycles. The van der Waals surface area contributed by atoms with Crippen LogP contribution in [0.3, 0.4) is 0 Å². The summed E-state index contributed by atoms with van der Waals surface area (Å²) < 4.78 is 5.29. The van der Waals surface area contributed by atoms with Gasteiger partial charge in [-0.15, -0.1) is 0 Å². The number of anilines is 2. The van der Waals surface area contributed by atoms with Crippen LogP contribution in [0, 0.1) is 6.92 Å². The summed E-state index contributed by atoms with van der Waals surface area (Å²) in [6.45, 7) is 4.05. The van der Waals surface area contributed by atoms with Crippen LogP contribution in [0.15, 0.2) is 78.5 Å². The van der Waals surface area contributed by atoms with E-state index in [-0.39, 0.29) is 17.5 Å². The fourth-order valence-corrected chi connectivity index (χ4v) is 3.59. The first kappa shape index (κ1) is 20.4. The molecule has 1 aliphatic rings. The van der Waals surface area contributed by atoms with Crippen LogP contribution >= 0.6 is 0 Å². The van der Waals surface area contributed by atoms with Crippen LogP contribution in [0.1, 0.15) is 23.6 Å². The summed E-state index contributed by atoms with van der Waals surface area (Å²) in [5.74, 6) is -0.0672. The smallest absolute Gasteiger partial charge is 0.282 e. The minimum Gasteiger partial charge on any atom is -0.497 e. The van der Waals surface area contributed by atoms with E-state index in [1.165, 1.54) is 4.90 Å². The van der Waals surface area contributed by atoms with Crippen LogP contribution in [0.4, 0.5) is 11.4 Å². The highest BCUT2D eigenvalue weighted by Crippen LogP contribution is 2.34. The summed E-state index contributed by atoms with van der Waals surface area (Å²) in [5.41, 5.74) is 4.75. The number of ether oxygens (including phenoxy) is 1. The zero-order valence-electron chi connectivity index (χ0n) is 17.8. The molecule has 3 aromatic carbocycles. The van der Waals surface area contributed by atoms with Crippen molar-refractivity contribution in [2.45, 2.75) is 20.3 Å². The van der Waals surface area contributed by atoms with Gasteiger partial charge < -0.3 is 10.1 Å². The van der Waals surface area contributed by atoms with Gasteiger partial charge in [-0.3, -0.25) is 9.59 Å². The van der Waals surface area contributed by atoms with Crippen LogP contribution < -0.4 is 15.0 Å². The summed E-state index contributed by atoms with van der Waals surface area (Å²) in [7, 11) is 1.59. The monoisotopic (exact) mass is 412 g/mol. The molecular formula is C26H24N2O3. The summed E-state index contributed by atoms with van der Waals surface area (Å²) in [4.78, 5) is 28.1. The van der Waals surface area contributed by atoms with Crippen molar-refractivity contribution in [2.75, 3.05) is 17.3 Å². The molecule has 0 atom stereocenters. The molecule has 1 aliphatic heterocycles. The van der Waals surface area contributed by atoms with Gasteiger partial charge >= 0.3 is 0 Å². The van der Waals surface area contributed by atoms with Gasteiger partial charge in [0.25, 0.3) is 11.8 Å². The summed E-state index contributed by atoms with van der Waals surface area (Å²) in [6, 6.07) is 22.4. The third-order valence-corrected chi connectivity index (χ3v) is 5.37.